The Morgan fingerprint density at radius 3 is 2.26 bits per heavy atom. The lowest BCUT2D eigenvalue weighted by molar-refractivity contribution is -0.139. The topological polar surface area (TPSA) is 104 Å². The standard InChI is InChI=1S/C17H16O5.H2O/c1-21-13-8-6-11(7-9-13)17(20)16-12(10-15(19)22-2)4-3-5-14(16)18;/h3-9,18H,10H2,1-2H3;1H2. The number of ether oxygens (including phenoxy) is 2. The zero-order valence-corrected chi connectivity index (χ0v) is 12.8. The molecule has 0 atom stereocenters. The van der Waals surface area contributed by atoms with Crippen molar-refractivity contribution in [1.29, 1.82) is 0 Å². The van der Waals surface area contributed by atoms with E-state index in [0.29, 0.717) is 16.9 Å². The smallest absolute Gasteiger partial charge is 0.310 e. The Bertz CT molecular complexity index is 691. The number of phenolic OH excluding ortho intramolecular Hbond substituents is 1. The van der Waals surface area contributed by atoms with E-state index in [1.165, 1.54) is 20.3 Å². The Balaban J connectivity index is 0.00000264. The van der Waals surface area contributed by atoms with E-state index < -0.39 is 5.97 Å². The summed E-state index contributed by atoms with van der Waals surface area (Å²) in [5, 5.41) is 10.0. The van der Waals surface area contributed by atoms with Crippen LogP contribution in [0.25, 0.3) is 0 Å². The number of phenols is 1. The zero-order chi connectivity index (χ0) is 16.1. The van der Waals surface area contributed by atoms with E-state index in [1.807, 2.05) is 0 Å². The number of esters is 1. The average molecular weight is 318 g/mol. The Hall–Kier alpha value is -2.86. The molecule has 6 heteroatoms. The second-order valence-electron chi connectivity index (χ2n) is 4.62. The number of ketones is 1. The lowest BCUT2D eigenvalue weighted by atomic mass is 9.95. The summed E-state index contributed by atoms with van der Waals surface area (Å²) in [6.07, 6.45) is -0.0812. The third-order valence-electron chi connectivity index (χ3n) is 3.27. The largest absolute Gasteiger partial charge is 0.507 e. The van der Waals surface area contributed by atoms with Gasteiger partial charge in [-0.15, -0.1) is 0 Å². The molecule has 122 valence electrons. The molecule has 0 fully saturated rings. The van der Waals surface area contributed by atoms with E-state index in [9.17, 15) is 14.7 Å². The third kappa shape index (κ3) is 4.08. The Morgan fingerprint density at radius 1 is 1.04 bits per heavy atom. The first kappa shape index (κ1) is 18.2. The summed E-state index contributed by atoms with van der Waals surface area (Å²) < 4.78 is 9.66. The van der Waals surface area contributed by atoms with E-state index in [2.05, 4.69) is 4.74 Å². The van der Waals surface area contributed by atoms with Crippen molar-refractivity contribution in [2.45, 2.75) is 6.42 Å². The first-order valence-corrected chi connectivity index (χ1v) is 6.63. The maximum absolute atomic E-state index is 12.6. The molecule has 23 heavy (non-hydrogen) atoms. The molecule has 0 aromatic heterocycles. The highest BCUT2D eigenvalue weighted by atomic mass is 16.5. The first-order chi connectivity index (χ1) is 10.6. The van der Waals surface area contributed by atoms with Gasteiger partial charge in [-0.1, -0.05) is 12.1 Å². The Kier molecular flexibility index (Phi) is 6.29. The van der Waals surface area contributed by atoms with Crippen LogP contribution in [-0.4, -0.2) is 36.6 Å². The summed E-state index contributed by atoms with van der Waals surface area (Å²) in [5.41, 5.74) is 0.930. The molecule has 0 heterocycles. The second-order valence-corrected chi connectivity index (χ2v) is 4.62. The van der Waals surface area contributed by atoms with E-state index in [0.717, 1.165) is 0 Å². The second kappa shape index (κ2) is 7.95. The van der Waals surface area contributed by atoms with Gasteiger partial charge in [0.25, 0.3) is 0 Å². The van der Waals surface area contributed by atoms with Gasteiger partial charge in [0, 0.05) is 5.56 Å². The van der Waals surface area contributed by atoms with E-state index in [-0.39, 0.29) is 29.0 Å². The first-order valence-electron chi connectivity index (χ1n) is 6.63. The molecule has 0 radical (unpaired) electrons. The van der Waals surface area contributed by atoms with Crippen molar-refractivity contribution in [1.82, 2.24) is 0 Å². The minimum Gasteiger partial charge on any atom is -0.507 e. The quantitative estimate of drug-likeness (QED) is 0.665. The van der Waals surface area contributed by atoms with Crippen LogP contribution in [0, 0.1) is 0 Å². The van der Waals surface area contributed by atoms with Gasteiger partial charge in [0.1, 0.15) is 11.5 Å². The van der Waals surface area contributed by atoms with Crippen LogP contribution in [0.2, 0.25) is 0 Å². The number of hydrogen-bond acceptors (Lipinski definition) is 5. The molecule has 6 nitrogen and oxygen atoms in total. The van der Waals surface area contributed by atoms with Gasteiger partial charge in [0.15, 0.2) is 5.78 Å². The van der Waals surface area contributed by atoms with Crippen molar-refractivity contribution < 1.29 is 29.6 Å². The molecule has 0 spiro atoms. The van der Waals surface area contributed by atoms with E-state index in [4.69, 9.17) is 4.74 Å². The fourth-order valence-corrected chi connectivity index (χ4v) is 2.11. The number of benzene rings is 2. The van der Waals surface area contributed by atoms with Gasteiger partial charge >= 0.3 is 5.97 Å². The van der Waals surface area contributed by atoms with E-state index >= 15 is 0 Å². The molecule has 0 unspecified atom stereocenters. The van der Waals surface area contributed by atoms with Crippen molar-refractivity contribution in [3.05, 3.63) is 59.2 Å². The molecule has 2 aromatic rings. The minimum absolute atomic E-state index is 0. The number of rotatable bonds is 5. The molecular formula is C17H18O6. The van der Waals surface area contributed by atoms with Crippen LogP contribution in [-0.2, 0) is 16.0 Å². The van der Waals surface area contributed by atoms with Gasteiger partial charge in [-0.25, -0.2) is 0 Å². The minimum atomic E-state index is -0.477. The van der Waals surface area contributed by atoms with Gasteiger partial charge < -0.3 is 20.1 Å². The van der Waals surface area contributed by atoms with Gasteiger partial charge in [-0.3, -0.25) is 9.59 Å². The Labute approximate surface area is 133 Å². The van der Waals surface area contributed by atoms with Crippen LogP contribution in [0.3, 0.4) is 0 Å². The van der Waals surface area contributed by atoms with Crippen LogP contribution in [0.5, 0.6) is 11.5 Å². The van der Waals surface area contributed by atoms with Crippen LogP contribution in [0.15, 0.2) is 42.5 Å². The zero-order valence-electron chi connectivity index (χ0n) is 12.8. The van der Waals surface area contributed by atoms with Gasteiger partial charge in [-0.2, -0.15) is 0 Å². The van der Waals surface area contributed by atoms with Gasteiger partial charge in [0.2, 0.25) is 0 Å². The highest BCUT2D eigenvalue weighted by Crippen LogP contribution is 2.26. The molecule has 0 saturated heterocycles. The number of aromatic hydroxyl groups is 1. The lowest BCUT2D eigenvalue weighted by Crippen LogP contribution is -2.11. The molecule has 2 aromatic carbocycles. The van der Waals surface area contributed by atoms with Crippen molar-refractivity contribution >= 4 is 11.8 Å². The molecule has 0 bridgehead atoms. The molecule has 2 rings (SSSR count). The predicted octanol–water partition coefficient (Wildman–Crippen LogP) is 1.52. The average Bonchev–Trinajstić information content (AvgIpc) is 2.54. The summed E-state index contributed by atoms with van der Waals surface area (Å²) >= 11 is 0. The molecular weight excluding hydrogens is 300 g/mol. The Morgan fingerprint density at radius 2 is 1.70 bits per heavy atom. The van der Waals surface area contributed by atoms with Crippen molar-refractivity contribution in [2.24, 2.45) is 0 Å². The van der Waals surface area contributed by atoms with Crippen molar-refractivity contribution in [3.63, 3.8) is 0 Å². The van der Waals surface area contributed by atoms with Gasteiger partial charge in [0.05, 0.1) is 26.2 Å². The normalized spacial score (nSPS) is 9.65. The van der Waals surface area contributed by atoms with Crippen molar-refractivity contribution in [2.75, 3.05) is 14.2 Å². The fourth-order valence-electron chi connectivity index (χ4n) is 2.11. The maximum Gasteiger partial charge on any atom is 0.310 e. The molecule has 0 amide bonds. The summed E-state index contributed by atoms with van der Waals surface area (Å²) in [7, 11) is 2.81. The number of carbonyl (C=O) groups is 2. The highest BCUT2D eigenvalue weighted by molar-refractivity contribution is 6.12. The predicted molar refractivity (Wildman–Crippen MR) is 83.9 cm³/mol. The van der Waals surface area contributed by atoms with Crippen molar-refractivity contribution in [3.8, 4) is 11.5 Å². The lowest BCUT2D eigenvalue weighted by Gasteiger charge is -2.10. The van der Waals surface area contributed by atoms with Gasteiger partial charge in [-0.05, 0) is 35.9 Å². The number of carbonyl (C=O) groups excluding carboxylic acids is 2. The molecule has 3 N–H and O–H groups in total. The summed E-state index contributed by atoms with van der Waals surface area (Å²) in [6, 6.07) is 11.1. The molecule has 0 aliphatic rings. The van der Waals surface area contributed by atoms with Crippen LogP contribution in [0.1, 0.15) is 21.5 Å². The molecule has 0 aliphatic heterocycles. The summed E-state index contributed by atoms with van der Waals surface area (Å²) in [6.45, 7) is 0. The summed E-state index contributed by atoms with van der Waals surface area (Å²) in [5.74, 6) is -0.375. The van der Waals surface area contributed by atoms with Crippen LogP contribution >= 0.6 is 0 Å². The monoisotopic (exact) mass is 318 g/mol. The third-order valence-corrected chi connectivity index (χ3v) is 3.27. The maximum atomic E-state index is 12.6. The number of methoxy groups -OCH3 is 2. The van der Waals surface area contributed by atoms with Crippen LogP contribution < -0.4 is 4.74 Å². The highest BCUT2D eigenvalue weighted by Gasteiger charge is 2.19. The fraction of sp³-hybridized carbons (Fsp3) is 0.176. The molecule has 0 aliphatic carbocycles. The SMILES string of the molecule is COC(=O)Cc1cccc(O)c1C(=O)c1ccc(OC)cc1.O. The molecule has 0 saturated carbocycles. The summed E-state index contributed by atoms with van der Waals surface area (Å²) in [4.78, 5) is 24.1. The van der Waals surface area contributed by atoms with Crippen LogP contribution in [0.4, 0.5) is 0 Å². The van der Waals surface area contributed by atoms with E-state index in [1.54, 1.807) is 36.4 Å². The number of hydrogen-bond donors (Lipinski definition) is 1.